The predicted molar refractivity (Wildman–Crippen MR) is 74.4 cm³/mol. The molecule has 1 fully saturated rings. The highest BCUT2D eigenvalue weighted by Crippen LogP contribution is 2.28. The maximum absolute atomic E-state index is 10.6. The quantitative estimate of drug-likeness (QED) is 0.920. The van der Waals surface area contributed by atoms with E-state index in [-0.39, 0.29) is 12.3 Å². The van der Waals surface area contributed by atoms with Gasteiger partial charge in [-0.25, -0.2) is 4.98 Å². The number of fused-ring (bicyclic) bond motifs is 1. The lowest BCUT2D eigenvalue weighted by Crippen LogP contribution is -2.48. The summed E-state index contributed by atoms with van der Waals surface area (Å²) in [5.74, 6) is 0.159. The van der Waals surface area contributed by atoms with Crippen LogP contribution in [0.25, 0.3) is 10.9 Å². The molecule has 1 N–H and O–H groups in total. The molecule has 3 rings (SSSR count). The zero-order chi connectivity index (χ0) is 14.1. The second-order valence-corrected chi connectivity index (χ2v) is 5.03. The fraction of sp³-hybridized carbons (Fsp3) is 0.267. The lowest BCUT2D eigenvalue weighted by atomic mass is 9.96. The molecule has 2 heterocycles. The van der Waals surface area contributed by atoms with Gasteiger partial charge in [0.1, 0.15) is 5.82 Å². The summed E-state index contributed by atoms with van der Waals surface area (Å²) >= 11 is 0. The molecule has 0 spiro atoms. The van der Waals surface area contributed by atoms with Gasteiger partial charge in [0.2, 0.25) is 0 Å². The van der Waals surface area contributed by atoms with E-state index < -0.39 is 5.97 Å². The second-order valence-electron chi connectivity index (χ2n) is 5.03. The first kappa shape index (κ1) is 12.4. The van der Waals surface area contributed by atoms with Gasteiger partial charge < -0.3 is 10.0 Å². The molecule has 5 heteroatoms. The first-order chi connectivity index (χ1) is 9.67. The van der Waals surface area contributed by atoms with E-state index in [9.17, 15) is 10.1 Å². The minimum Gasteiger partial charge on any atom is -0.481 e. The summed E-state index contributed by atoms with van der Waals surface area (Å²) in [6.07, 6.45) is 0.190. The normalized spacial score (nSPS) is 14.8. The topological polar surface area (TPSA) is 77.2 Å². The van der Waals surface area contributed by atoms with Gasteiger partial charge in [0, 0.05) is 24.4 Å². The minimum atomic E-state index is -0.765. The summed E-state index contributed by atoms with van der Waals surface area (Å²) in [5, 5.41) is 18.8. The van der Waals surface area contributed by atoms with E-state index in [1.807, 2.05) is 29.2 Å². The molecule has 100 valence electrons. The highest BCUT2D eigenvalue weighted by Gasteiger charge is 2.29. The van der Waals surface area contributed by atoms with Crippen LogP contribution >= 0.6 is 0 Å². The summed E-state index contributed by atoms with van der Waals surface area (Å²) in [6, 6.07) is 11.5. The Balaban J connectivity index is 1.87. The number of nitrogens with zero attached hydrogens (tertiary/aromatic N) is 3. The number of benzene rings is 1. The summed E-state index contributed by atoms with van der Waals surface area (Å²) in [6.45, 7) is 1.37. The van der Waals surface area contributed by atoms with Gasteiger partial charge in [-0.05, 0) is 12.1 Å². The molecule has 1 saturated heterocycles. The Morgan fingerprint density at radius 1 is 1.45 bits per heavy atom. The van der Waals surface area contributed by atoms with Crippen molar-refractivity contribution < 1.29 is 9.90 Å². The Morgan fingerprint density at radius 3 is 2.90 bits per heavy atom. The smallest absolute Gasteiger partial charge is 0.303 e. The lowest BCUT2D eigenvalue weighted by Gasteiger charge is -2.39. The highest BCUT2D eigenvalue weighted by atomic mass is 16.4. The van der Waals surface area contributed by atoms with Gasteiger partial charge in [0.05, 0.1) is 23.6 Å². The van der Waals surface area contributed by atoms with Gasteiger partial charge in [-0.1, -0.05) is 18.2 Å². The number of para-hydroxylation sites is 1. The molecule has 1 aromatic carbocycles. The van der Waals surface area contributed by atoms with Gasteiger partial charge in [-0.15, -0.1) is 0 Å². The number of nitriles is 1. The van der Waals surface area contributed by atoms with Crippen LogP contribution in [0.15, 0.2) is 30.3 Å². The van der Waals surface area contributed by atoms with E-state index in [4.69, 9.17) is 5.11 Å². The van der Waals surface area contributed by atoms with Gasteiger partial charge in [-0.3, -0.25) is 4.79 Å². The number of pyridine rings is 1. The Kier molecular flexibility index (Phi) is 2.99. The SMILES string of the molecule is N#Cc1cc(N2CC(CC(=O)O)C2)nc2ccccc12. The first-order valence-corrected chi connectivity index (χ1v) is 6.44. The van der Waals surface area contributed by atoms with Gasteiger partial charge >= 0.3 is 5.97 Å². The van der Waals surface area contributed by atoms with Crippen LogP contribution in [0.5, 0.6) is 0 Å². The van der Waals surface area contributed by atoms with E-state index in [1.165, 1.54) is 0 Å². The molecule has 1 aliphatic rings. The zero-order valence-corrected chi connectivity index (χ0v) is 10.8. The van der Waals surface area contributed by atoms with Gasteiger partial charge in [0.15, 0.2) is 0 Å². The number of aromatic nitrogens is 1. The van der Waals surface area contributed by atoms with Crippen LogP contribution in [0.1, 0.15) is 12.0 Å². The van der Waals surface area contributed by atoms with E-state index in [1.54, 1.807) is 6.07 Å². The monoisotopic (exact) mass is 267 g/mol. The molecule has 0 amide bonds. The highest BCUT2D eigenvalue weighted by molar-refractivity contribution is 5.86. The molecular formula is C15H13N3O2. The van der Waals surface area contributed by atoms with Crippen LogP contribution in [0.3, 0.4) is 0 Å². The van der Waals surface area contributed by atoms with Crippen molar-refractivity contribution in [3.63, 3.8) is 0 Å². The van der Waals surface area contributed by atoms with E-state index in [0.717, 1.165) is 16.7 Å². The van der Waals surface area contributed by atoms with E-state index in [0.29, 0.717) is 18.7 Å². The van der Waals surface area contributed by atoms with Crippen LogP contribution in [0, 0.1) is 17.2 Å². The largest absolute Gasteiger partial charge is 0.481 e. The fourth-order valence-corrected chi connectivity index (χ4v) is 2.55. The molecule has 0 saturated carbocycles. The predicted octanol–water partition coefficient (Wildman–Crippen LogP) is 2.02. The third kappa shape index (κ3) is 2.16. The fourth-order valence-electron chi connectivity index (χ4n) is 2.55. The van der Waals surface area contributed by atoms with Gasteiger partial charge in [0.25, 0.3) is 0 Å². The molecule has 1 aromatic heterocycles. The maximum Gasteiger partial charge on any atom is 0.303 e. The van der Waals surface area contributed by atoms with E-state index >= 15 is 0 Å². The molecular weight excluding hydrogens is 254 g/mol. The summed E-state index contributed by atoms with van der Waals surface area (Å²) in [5.41, 5.74) is 1.40. The van der Waals surface area contributed by atoms with Crippen molar-refractivity contribution in [2.45, 2.75) is 6.42 Å². The number of carbonyl (C=O) groups is 1. The third-order valence-corrected chi connectivity index (χ3v) is 3.57. The molecule has 2 aromatic rings. The maximum atomic E-state index is 10.6. The molecule has 20 heavy (non-hydrogen) atoms. The van der Waals surface area contributed by atoms with Crippen LogP contribution < -0.4 is 4.90 Å². The Labute approximate surface area is 116 Å². The summed E-state index contributed by atoms with van der Waals surface area (Å²) in [4.78, 5) is 17.2. The number of carboxylic acids is 1. The van der Waals surface area contributed by atoms with Crippen LogP contribution in [-0.2, 0) is 4.79 Å². The van der Waals surface area contributed by atoms with Crippen molar-refractivity contribution in [2.24, 2.45) is 5.92 Å². The number of hydrogen-bond acceptors (Lipinski definition) is 4. The van der Waals surface area contributed by atoms with Crippen molar-refractivity contribution in [2.75, 3.05) is 18.0 Å². The van der Waals surface area contributed by atoms with Crippen molar-refractivity contribution in [1.82, 2.24) is 4.98 Å². The molecule has 0 bridgehead atoms. The number of anilines is 1. The van der Waals surface area contributed by atoms with Crippen molar-refractivity contribution in [3.8, 4) is 6.07 Å². The lowest BCUT2D eigenvalue weighted by molar-refractivity contribution is -0.138. The summed E-state index contributed by atoms with van der Waals surface area (Å²) < 4.78 is 0. The number of rotatable bonds is 3. The zero-order valence-electron chi connectivity index (χ0n) is 10.8. The molecule has 0 radical (unpaired) electrons. The Bertz CT molecular complexity index is 715. The van der Waals surface area contributed by atoms with Crippen LogP contribution in [0.4, 0.5) is 5.82 Å². The summed E-state index contributed by atoms with van der Waals surface area (Å²) in [7, 11) is 0. The number of aliphatic carboxylic acids is 1. The molecule has 0 unspecified atom stereocenters. The molecule has 1 aliphatic heterocycles. The molecule has 0 atom stereocenters. The number of hydrogen-bond donors (Lipinski definition) is 1. The average molecular weight is 267 g/mol. The van der Waals surface area contributed by atoms with Gasteiger partial charge in [-0.2, -0.15) is 5.26 Å². The van der Waals surface area contributed by atoms with Crippen LogP contribution in [0.2, 0.25) is 0 Å². The van der Waals surface area contributed by atoms with Crippen LogP contribution in [-0.4, -0.2) is 29.1 Å². The second kappa shape index (κ2) is 4.82. The van der Waals surface area contributed by atoms with Crippen molar-refractivity contribution in [1.29, 1.82) is 5.26 Å². The molecule has 5 nitrogen and oxygen atoms in total. The minimum absolute atomic E-state index is 0.173. The third-order valence-electron chi connectivity index (χ3n) is 3.57. The standard InChI is InChI=1S/C15H13N3O2/c16-7-11-6-14(17-13-4-2-1-3-12(11)13)18-8-10(9-18)5-15(19)20/h1-4,6,10H,5,8-9H2,(H,19,20). The average Bonchev–Trinajstić information content (AvgIpc) is 2.41. The molecule has 0 aliphatic carbocycles. The Hall–Kier alpha value is -2.61. The first-order valence-electron chi connectivity index (χ1n) is 6.44. The number of carboxylic acid groups (broad SMARTS) is 1. The Morgan fingerprint density at radius 2 is 2.20 bits per heavy atom. The van der Waals surface area contributed by atoms with Crippen molar-refractivity contribution >= 4 is 22.7 Å². The van der Waals surface area contributed by atoms with E-state index in [2.05, 4.69) is 11.1 Å². The van der Waals surface area contributed by atoms with Crippen molar-refractivity contribution in [3.05, 3.63) is 35.9 Å².